The van der Waals surface area contributed by atoms with Gasteiger partial charge in [0.2, 0.25) is 0 Å². The fraction of sp³-hybridized carbons (Fsp3) is 1.00. The Morgan fingerprint density at radius 1 is 1.47 bits per heavy atom. The Hall–Kier alpha value is 0.270. The van der Waals surface area contributed by atoms with Crippen LogP contribution in [0.25, 0.3) is 0 Å². The molecule has 1 fully saturated rings. The first kappa shape index (κ1) is 13.3. The highest BCUT2D eigenvalue weighted by molar-refractivity contribution is 7.98. The minimum Gasteiger partial charge on any atom is -0.314 e. The van der Waals surface area contributed by atoms with Crippen molar-refractivity contribution in [3.8, 4) is 0 Å². The lowest BCUT2D eigenvalue weighted by atomic mass is 9.98. The molecule has 1 aliphatic heterocycles. The summed E-state index contributed by atoms with van der Waals surface area (Å²) in [5.74, 6) is 2.16. The van der Waals surface area contributed by atoms with Gasteiger partial charge in [-0.2, -0.15) is 11.8 Å². The topological polar surface area (TPSA) is 15.3 Å². The zero-order valence-corrected chi connectivity index (χ0v) is 11.3. The first-order chi connectivity index (χ1) is 7.22. The lowest BCUT2D eigenvalue weighted by Crippen LogP contribution is -2.41. The predicted molar refractivity (Wildman–Crippen MR) is 70.7 cm³/mol. The molecule has 3 heteroatoms. The largest absolute Gasteiger partial charge is 0.314 e. The molecule has 1 atom stereocenters. The van der Waals surface area contributed by atoms with E-state index in [9.17, 15) is 0 Å². The summed E-state index contributed by atoms with van der Waals surface area (Å²) in [6, 6.07) is 0.631. The fourth-order valence-electron chi connectivity index (χ4n) is 2.14. The summed E-state index contributed by atoms with van der Waals surface area (Å²) in [5.41, 5.74) is 0. The van der Waals surface area contributed by atoms with Gasteiger partial charge >= 0.3 is 0 Å². The maximum absolute atomic E-state index is 3.56. The molecule has 0 aromatic heterocycles. The second-order valence-electron chi connectivity index (χ2n) is 4.86. The SMILES string of the molecule is CSCCN1CCCC(CNC(C)C)C1. The van der Waals surface area contributed by atoms with Crippen LogP contribution in [0.4, 0.5) is 0 Å². The van der Waals surface area contributed by atoms with Crippen LogP contribution in [0, 0.1) is 5.92 Å². The van der Waals surface area contributed by atoms with Crippen molar-refractivity contribution in [1.29, 1.82) is 0 Å². The third-order valence-corrected chi connectivity index (χ3v) is 3.62. The molecule has 15 heavy (non-hydrogen) atoms. The van der Waals surface area contributed by atoms with Gasteiger partial charge in [-0.3, -0.25) is 0 Å². The molecule has 1 N–H and O–H groups in total. The van der Waals surface area contributed by atoms with Crippen molar-refractivity contribution >= 4 is 11.8 Å². The summed E-state index contributed by atoms with van der Waals surface area (Å²) in [4.78, 5) is 2.63. The summed E-state index contributed by atoms with van der Waals surface area (Å²) in [5, 5.41) is 3.56. The highest BCUT2D eigenvalue weighted by atomic mass is 32.2. The van der Waals surface area contributed by atoms with Crippen LogP contribution in [-0.4, -0.2) is 49.1 Å². The van der Waals surface area contributed by atoms with Crippen molar-refractivity contribution in [2.75, 3.05) is 38.2 Å². The van der Waals surface area contributed by atoms with E-state index in [2.05, 4.69) is 30.3 Å². The number of piperidine rings is 1. The van der Waals surface area contributed by atoms with E-state index in [1.165, 1.54) is 44.8 Å². The zero-order chi connectivity index (χ0) is 11.1. The van der Waals surface area contributed by atoms with Crippen molar-refractivity contribution in [3.63, 3.8) is 0 Å². The summed E-state index contributed by atoms with van der Waals surface area (Å²) in [7, 11) is 0. The molecule has 0 amide bonds. The van der Waals surface area contributed by atoms with E-state index in [0.29, 0.717) is 6.04 Å². The van der Waals surface area contributed by atoms with Gasteiger partial charge in [-0.15, -0.1) is 0 Å². The van der Waals surface area contributed by atoms with E-state index in [-0.39, 0.29) is 0 Å². The Bertz CT molecular complexity index is 162. The Balaban J connectivity index is 2.17. The van der Waals surface area contributed by atoms with Gasteiger partial charge in [-0.1, -0.05) is 13.8 Å². The molecule has 90 valence electrons. The third kappa shape index (κ3) is 5.79. The van der Waals surface area contributed by atoms with E-state index in [1.807, 2.05) is 11.8 Å². The number of thioether (sulfide) groups is 1. The second kappa shape index (κ2) is 7.53. The minimum absolute atomic E-state index is 0.631. The summed E-state index contributed by atoms with van der Waals surface area (Å²) in [6.07, 6.45) is 5.00. The van der Waals surface area contributed by atoms with Gasteiger partial charge in [-0.25, -0.2) is 0 Å². The van der Waals surface area contributed by atoms with Crippen molar-refractivity contribution in [2.45, 2.75) is 32.7 Å². The van der Waals surface area contributed by atoms with Gasteiger partial charge in [0.05, 0.1) is 0 Å². The van der Waals surface area contributed by atoms with Crippen LogP contribution in [-0.2, 0) is 0 Å². The molecule has 1 unspecified atom stereocenters. The van der Waals surface area contributed by atoms with Crippen molar-refractivity contribution < 1.29 is 0 Å². The molecule has 0 radical (unpaired) electrons. The summed E-state index contributed by atoms with van der Waals surface area (Å²) >= 11 is 1.96. The number of hydrogen-bond acceptors (Lipinski definition) is 3. The first-order valence-electron chi connectivity index (χ1n) is 6.17. The molecule has 1 heterocycles. The van der Waals surface area contributed by atoms with E-state index in [0.717, 1.165) is 5.92 Å². The van der Waals surface area contributed by atoms with Crippen molar-refractivity contribution in [1.82, 2.24) is 10.2 Å². The van der Waals surface area contributed by atoms with Gasteiger partial charge in [0.15, 0.2) is 0 Å². The highest BCUT2D eigenvalue weighted by Gasteiger charge is 2.19. The van der Waals surface area contributed by atoms with E-state index >= 15 is 0 Å². The molecular formula is C12H26N2S. The van der Waals surface area contributed by atoms with E-state index in [1.54, 1.807) is 0 Å². The average molecular weight is 230 g/mol. The van der Waals surface area contributed by atoms with Crippen LogP contribution in [0.5, 0.6) is 0 Å². The lowest BCUT2D eigenvalue weighted by molar-refractivity contribution is 0.180. The number of hydrogen-bond donors (Lipinski definition) is 1. The van der Waals surface area contributed by atoms with Crippen LogP contribution in [0.2, 0.25) is 0 Å². The molecule has 0 spiro atoms. The third-order valence-electron chi connectivity index (χ3n) is 3.03. The Morgan fingerprint density at radius 3 is 2.93 bits per heavy atom. The van der Waals surface area contributed by atoms with Crippen LogP contribution in [0.3, 0.4) is 0 Å². The summed E-state index contributed by atoms with van der Waals surface area (Å²) in [6.45, 7) is 9.56. The molecule has 0 aromatic rings. The monoisotopic (exact) mass is 230 g/mol. The number of rotatable bonds is 6. The average Bonchev–Trinajstić information content (AvgIpc) is 2.24. The number of nitrogens with one attached hydrogen (secondary N) is 1. The molecule has 1 rings (SSSR count). The molecule has 1 saturated heterocycles. The Labute approximate surface area is 99.2 Å². The van der Waals surface area contributed by atoms with Crippen LogP contribution in [0.1, 0.15) is 26.7 Å². The maximum Gasteiger partial charge on any atom is 0.00724 e. The van der Waals surface area contributed by atoms with Gasteiger partial charge in [0.25, 0.3) is 0 Å². The zero-order valence-electron chi connectivity index (χ0n) is 10.5. The quantitative estimate of drug-likeness (QED) is 0.752. The maximum atomic E-state index is 3.56. The fourth-order valence-corrected chi connectivity index (χ4v) is 2.58. The molecule has 2 nitrogen and oxygen atoms in total. The van der Waals surface area contributed by atoms with Crippen molar-refractivity contribution in [2.24, 2.45) is 5.92 Å². The molecule has 0 aromatic carbocycles. The van der Waals surface area contributed by atoms with Gasteiger partial charge in [-0.05, 0) is 38.1 Å². The normalized spacial score (nSPS) is 23.6. The minimum atomic E-state index is 0.631. The standard InChI is InChI=1S/C12H26N2S/c1-11(2)13-9-12-5-4-6-14(10-12)7-8-15-3/h11-13H,4-10H2,1-3H3. The molecule has 0 bridgehead atoms. The Kier molecular flexibility index (Phi) is 6.69. The molecule has 1 aliphatic rings. The van der Waals surface area contributed by atoms with Crippen LogP contribution in [0.15, 0.2) is 0 Å². The van der Waals surface area contributed by atoms with E-state index in [4.69, 9.17) is 0 Å². The van der Waals surface area contributed by atoms with Crippen molar-refractivity contribution in [3.05, 3.63) is 0 Å². The summed E-state index contributed by atoms with van der Waals surface area (Å²) < 4.78 is 0. The van der Waals surface area contributed by atoms with Gasteiger partial charge in [0.1, 0.15) is 0 Å². The smallest absolute Gasteiger partial charge is 0.00724 e. The van der Waals surface area contributed by atoms with Gasteiger partial charge < -0.3 is 10.2 Å². The van der Waals surface area contributed by atoms with E-state index < -0.39 is 0 Å². The lowest BCUT2D eigenvalue weighted by Gasteiger charge is -2.33. The molecular weight excluding hydrogens is 204 g/mol. The highest BCUT2D eigenvalue weighted by Crippen LogP contribution is 2.16. The van der Waals surface area contributed by atoms with Crippen LogP contribution < -0.4 is 5.32 Å². The van der Waals surface area contributed by atoms with Gasteiger partial charge in [0, 0.05) is 24.9 Å². The second-order valence-corrected chi connectivity index (χ2v) is 5.85. The first-order valence-corrected chi connectivity index (χ1v) is 7.56. The Morgan fingerprint density at radius 2 is 2.27 bits per heavy atom. The molecule has 0 aliphatic carbocycles. The number of nitrogens with zero attached hydrogens (tertiary/aromatic N) is 1. The molecule has 0 saturated carbocycles. The predicted octanol–water partition coefficient (Wildman–Crippen LogP) is 2.06. The van der Waals surface area contributed by atoms with Crippen LogP contribution >= 0.6 is 11.8 Å². The number of likely N-dealkylation sites (tertiary alicyclic amines) is 1.